The third-order valence-corrected chi connectivity index (χ3v) is 6.46. The van der Waals surface area contributed by atoms with Crippen molar-refractivity contribution in [1.82, 2.24) is 10.3 Å². The Balaban J connectivity index is 1.54. The zero-order chi connectivity index (χ0) is 23.7. The van der Waals surface area contributed by atoms with E-state index in [1.54, 1.807) is 12.4 Å². The van der Waals surface area contributed by atoms with Crippen molar-refractivity contribution in [3.05, 3.63) is 119 Å². The van der Waals surface area contributed by atoms with Crippen molar-refractivity contribution in [1.29, 1.82) is 0 Å². The lowest BCUT2D eigenvalue weighted by Crippen LogP contribution is -2.37. The molecule has 170 valence electrons. The normalized spacial score (nSPS) is 20.0. The molecule has 0 fully saturated rings. The molecule has 2 atom stereocenters. The first kappa shape index (κ1) is 21.8. The van der Waals surface area contributed by atoms with Crippen LogP contribution in [0.15, 0.2) is 102 Å². The van der Waals surface area contributed by atoms with Gasteiger partial charge in [0.05, 0.1) is 0 Å². The van der Waals surface area contributed by atoms with E-state index in [9.17, 15) is 14.0 Å². The van der Waals surface area contributed by atoms with E-state index in [0.717, 1.165) is 16.8 Å². The largest absolute Gasteiger partial charge is 0.362 e. The average molecular weight is 454 g/mol. The Morgan fingerprint density at radius 3 is 2.44 bits per heavy atom. The summed E-state index contributed by atoms with van der Waals surface area (Å²) >= 11 is 0. The van der Waals surface area contributed by atoms with E-state index in [-0.39, 0.29) is 23.4 Å². The SMILES string of the molecule is CC1=C(C(=O)Nc2ccc(F)cc2)[C@@H](c2cccnc2)C2=C(C[C@@H](c3ccccc3)CC2=O)N1. The van der Waals surface area contributed by atoms with Gasteiger partial charge in [0.1, 0.15) is 5.82 Å². The lowest BCUT2D eigenvalue weighted by atomic mass is 9.72. The first-order chi connectivity index (χ1) is 16.5. The van der Waals surface area contributed by atoms with Gasteiger partial charge in [-0.1, -0.05) is 36.4 Å². The molecule has 1 aliphatic heterocycles. The molecule has 2 aliphatic rings. The van der Waals surface area contributed by atoms with Crippen molar-refractivity contribution in [3.63, 3.8) is 0 Å². The average Bonchev–Trinajstić information content (AvgIpc) is 2.85. The molecule has 0 saturated carbocycles. The van der Waals surface area contributed by atoms with E-state index in [4.69, 9.17) is 0 Å². The molecule has 2 N–H and O–H groups in total. The summed E-state index contributed by atoms with van der Waals surface area (Å²) in [5.74, 6) is -1.14. The summed E-state index contributed by atoms with van der Waals surface area (Å²) in [7, 11) is 0. The second kappa shape index (κ2) is 9.06. The Morgan fingerprint density at radius 2 is 1.74 bits per heavy atom. The number of carbonyl (C=O) groups excluding carboxylic acids is 2. The van der Waals surface area contributed by atoms with Crippen LogP contribution >= 0.6 is 0 Å². The molecule has 0 spiro atoms. The van der Waals surface area contributed by atoms with Gasteiger partial charge in [0.15, 0.2) is 5.78 Å². The number of pyridine rings is 1. The van der Waals surface area contributed by atoms with Gasteiger partial charge >= 0.3 is 0 Å². The minimum absolute atomic E-state index is 0.0241. The van der Waals surface area contributed by atoms with Gasteiger partial charge in [-0.05, 0) is 60.7 Å². The predicted molar refractivity (Wildman–Crippen MR) is 128 cm³/mol. The summed E-state index contributed by atoms with van der Waals surface area (Å²) in [5.41, 5.74) is 5.02. The van der Waals surface area contributed by atoms with E-state index in [0.29, 0.717) is 35.4 Å². The molecule has 1 aliphatic carbocycles. The quantitative estimate of drug-likeness (QED) is 0.568. The fraction of sp³-hybridized carbons (Fsp3) is 0.179. The van der Waals surface area contributed by atoms with Crippen LogP contribution in [-0.4, -0.2) is 16.7 Å². The molecule has 5 nitrogen and oxygen atoms in total. The van der Waals surface area contributed by atoms with E-state index < -0.39 is 5.92 Å². The van der Waals surface area contributed by atoms with Gasteiger partial charge < -0.3 is 10.6 Å². The van der Waals surface area contributed by atoms with Gasteiger partial charge in [-0.2, -0.15) is 0 Å². The number of allylic oxidation sites excluding steroid dienone is 3. The molecule has 0 saturated heterocycles. The first-order valence-corrected chi connectivity index (χ1v) is 11.3. The fourth-order valence-corrected chi connectivity index (χ4v) is 4.91. The maximum Gasteiger partial charge on any atom is 0.254 e. The maximum atomic E-state index is 13.6. The first-order valence-electron chi connectivity index (χ1n) is 11.3. The number of carbonyl (C=O) groups is 2. The number of hydrogen-bond donors (Lipinski definition) is 2. The summed E-state index contributed by atoms with van der Waals surface area (Å²) < 4.78 is 13.3. The Morgan fingerprint density at radius 1 is 1.00 bits per heavy atom. The third kappa shape index (κ3) is 4.15. The van der Waals surface area contributed by atoms with E-state index in [1.807, 2.05) is 37.3 Å². The van der Waals surface area contributed by atoms with Crippen molar-refractivity contribution in [3.8, 4) is 0 Å². The zero-order valence-corrected chi connectivity index (χ0v) is 18.7. The summed E-state index contributed by atoms with van der Waals surface area (Å²) in [6.07, 6.45) is 4.44. The Kier molecular flexibility index (Phi) is 5.80. The summed E-state index contributed by atoms with van der Waals surface area (Å²) in [6, 6.07) is 19.4. The molecular weight excluding hydrogens is 429 g/mol. The van der Waals surface area contributed by atoms with Crippen molar-refractivity contribution >= 4 is 17.4 Å². The van der Waals surface area contributed by atoms with Crippen LogP contribution < -0.4 is 10.6 Å². The highest BCUT2D eigenvalue weighted by molar-refractivity contribution is 6.10. The number of aromatic nitrogens is 1. The highest BCUT2D eigenvalue weighted by Gasteiger charge is 2.41. The second-order valence-corrected chi connectivity index (χ2v) is 8.68. The van der Waals surface area contributed by atoms with E-state index in [1.165, 1.54) is 24.3 Å². The van der Waals surface area contributed by atoms with Gasteiger partial charge in [-0.15, -0.1) is 0 Å². The van der Waals surface area contributed by atoms with Crippen molar-refractivity contribution in [2.75, 3.05) is 5.32 Å². The molecule has 3 aromatic rings. The molecule has 0 unspecified atom stereocenters. The monoisotopic (exact) mass is 453 g/mol. The lowest BCUT2D eigenvalue weighted by Gasteiger charge is -2.37. The molecule has 6 heteroatoms. The zero-order valence-electron chi connectivity index (χ0n) is 18.7. The summed E-state index contributed by atoms with van der Waals surface area (Å²) in [5, 5.41) is 6.23. The molecule has 2 heterocycles. The van der Waals surface area contributed by atoms with Crippen LogP contribution in [0.5, 0.6) is 0 Å². The standard InChI is InChI=1S/C28H24FN3O2/c1-17-25(28(34)32-22-11-9-21(29)10-12-22)26(19-8-5-13-30-16-19)27-23(31-17)14-20(15-24(27)33)18-6-3-2-4-7-18/h2-13,16,20,26,31H,14-15H2,1H3,(H,32,34)/t20-,26-/m1/s1. The van der Waals surface area contributed by atoms with Gasteiger partial charge in [-0.25, -0.2) is 4.39 Å². The second-order valence-electron chi connectivity index (χ2n) is 8.68. The number of nitrogens with zero attached hydrogens (tertiary/aromatic N) is 1. The van der Waals surface area contributed by atoms with Crippen molar-refractivity contribution in [2.45, 2.75) is 31.6 Å². The number of amides is 1. The summed E-state index contributed by atoms with van der Waals surface area (Å²) in [4.78, 5) is 31.3. The smallest absolute Gasteiger partial charge is 0.254 e. The van der Waals surface area contributed by atoms with Crippen LogP contribution in [-0.2, 0) is 9.59 Å². The number of halogens is 1. The van der Waals surface area contributed by atoms with Gasteiger partial charge in [0.25, 0.3) is 5.91 Å². The van der Waals surface area contributed by atoms with Crippen LogP contribution in [0.25, 0.3) is 0 Å². The van der Waals surface area contributed by atoms with Crippen LogP contribution in [0.3, 0.4) is 0 Å². The molecule has 1 aromatic heterocycles. The van der Waals surface area contributed by atoms with E-state index >= 15 is 0 Å². The minimum Gasteiger partial charge on any atom is -0.362 e. The van der Waals surface area contributed by atoms with Crippen molar-refractivity contribution in [2.24, 2.45) is 0 Å². The number of nitrogens with one attached hydrogen (secondary N) is 2. The van der Waals surface area contributed by atoms with Crippen LogP contribution in [0, 0.1) is 5.82 Å². The summed E-state index contributed by atoms with van der Waals surface area (Å²) in [6.45, 7) is 1.85. The highest BCUT2D eigenvalue weighted by Crippen LogP contribution is 2.45. The number of rotatable bonds is 4. The molecular formula is C28H24FN3O2. The maximum absolute atomic E-state index is 13.6. The number of ketones is 1. The number of Topliss-reactive ketones (excluding diaryl/α,β-unsaturated/α-hetero) is 1. The van der Waals surface area contributed by atoms with Crippen LogP contribution in [0.2, 0.25) is 0 Å². The van der Waals surface area contributed by atoms with Crippen molar-refractivity contribution < 1.29 is 14.0 Å². The topological polar surface area (TPSA) is 71.1 Å². The molecule has 0 radical (unpaired) electrons. The number of benzene rings is 2. The van der Waals surface area contributed by atoms with Crippen LogP contribution in [0.1, 0.15) is 42.7 Å². The van der Waals surface area contributed by atoms with Gasteiger partial charge in [-0.3, -0.25) is 14.6 Å². The Hall–Kier alpha value is -4.06. The molecule has 0 bridgehead atoms. The lowest BCUT2D eigenvalue weighted by molar-refractivity contribution is -0.116. The molecule has 2 aromatic carbocycles. The van der Waals surface area contributed by atoms with Crippen LogP contribution in [0.4, 0.5) is 10.1 Å². The molecule has 34 heavy (non-hydrogen) atoms. The van der Waals surface area contributed by atoms with Gasteiger partial charge in [0.2, 0.25) is 0 Å². The van der Waals surface area contributed by atoms with Gasteiger partial charge in [0, 0.05) is 53.0 Å². The molecule has 5 rings (SSSR count). The fourth-order valence-electron chi connectivity index (χ4n) is 4.91. The predicted octanol–water partition coefficient (Wildman–Crippen LogP) is 5.22. The Bertz CT molecular complexity index is 1300. The number of dihydropyridines is 1. The highest BCUT2D eigenvalue weighted by atomic mass is 19.1. The van der Waals surface area contributed by atoms with E-state index in [2.05, 4.69) is 27.8 Å². The minimum atomic E-state index is -0.533. The number of hydrogen-bond acceptors (Lipinski definition) is 4. The Labute approximate surface area is 197 Å². The third-order valence-electron chi connectivity index (χ3n) is 6.46. The molecule has 1 amide bonds. The number of anilines is 1.